The van der Waals surface area contributed by atoms with Crippen LogP contribution in [0.4, 0.5) is 5.00 Å². The normalized spacial score (nSPS) is 10.7. The fraction of sp³-hybridized carbons (Fsp3) is 0.400. The smallest absolute Gasteiger partial charge is 0.341 e. The number of carbonyl (C=O) groups excluding carboxylic acids is 1. The molecule has 0 saturated carbocycles. The third-order valence-electron chi connectivity index (χ3n) is 3.92. The molecule has 2 aromatic rings. The van der Waals surface area contributed by atoms with Crippen molar-refractivity contribution in [3.63, 3.8) is 0 Å². The van der Waals surface area contributed by atoms with E-state index in [1.807, 2.05) is 58.3 Å². The summed E-state index contributed by atoms with van der Waals surface area (Å²) in [4.78, 5) is 15.8. The third-order valence-corrected chi connectivity index (χ3v) is 5.19. The van der Waals surface area contributed by atoms with E-state index in [-0.39, 0.29) is 5.97 Å². The van der Waals surface area contributed by atoms with E-state index in [1.54, 1.807) is 0 Å². The monoisotopic (exact) mass is 405 g/mol. The summed E-state index contributed by atoms with van der Waals surface area (Å²) >= 11 is 6.93. The lowest BCUT2D eigenvalue weighted by Gasteiger charge is -2.13. The molecular weight excluding hydrogens is 378 g/mol. The van der Waals surface area contributed by atoms with E-state index in [2.05, 4.69) is 15.5 Å². The molecule has 0 radical (unpaired) electrons. The molecule has 1 aromatic carbocycles. The molecule has 0 bridgehead atoms. The van der Waals surface area contributed by atoms with Crippen molar-refractivity contribution >= 4 is 39.6 Å². The molecule has 7 heteroatoms. The van der Waals surface area contributed by atoms with Crippen LogP contribution in [0.5, 0.6) is 0 Å². The highest BCUT2D eigenvalue weighted by Gasteiger charge is 2.24. The Morgan fingerprint density at radius 2 is 1.96 bits per heavy atom. The lowest BCUT2D eigenvalue weighted by Crippen LogP contribution is -2.31. The van der Waals surface area contributed by atoms with Crippen LogP contribution in [0.25, 0.3) is 11.1 Å². The zero-order chi connectivity index (χ0) is 19.8. The highest BCUT2D eigenvalue weighted by atomic mass is 32.1. The Labute approximate surface area is 170 Å². The van der Waals surface area contributed by atoms with Crippen LogP contribution >= 0.6 is 23.6 Å². The number of thiocarbonyl (C=S) groups is 1. The minimum absolute atomic E-state index is 0.328. The highest BCUT2D eigenvalue weighted by Crippen LogP contribution is 2.40. The molecule has 2 rings (SSSR count). The van der Waals surface area contributed by atoms with Gasteiger partial charge in [-0.1, -0.05) is 30.3 Å². The molecule has 0 amide bonds. The molecule has 0 atom stereocenters. The van der Waals surface area contributed by atoms with Crippen molar-refractivity contribution in [2.24, 2.45) is 0 Å². The van der Waals surface area contributed by atoms with Gasteiger partial charge in [0, 0.05) is 17.0 Å². The van der Waals surface area contributed by atoms with Crippen molar-refractivity contribution in [1.29, 1.82) is 0 Å². The van der Waals surface area contributed by atoms with Crippen molar-refractivity contribution in [3.8, 4) is 11.1 Å². The highest BCUT2D eigenvalue weighted by molar-refractivity contribution is 7.80. The fourth-order valence-electron chi connectivity index (χ4n) is 2.73. The van der Waals surface area contributed by atoms with Gasteiger partial charge < -0.3 is 20.3 Å². The van der Waals surface area contributed by atoms with Crippen LogP contribution in [0, 0.1) is 6.92 Å². The van der Waals surface area contributed by atoms with Gasteiger partial charge >= 0.3 is 5.97 Å². The number of carbonyl (C=O) groups is 1. The number of hydrogen-bond donors (Lipinski definition) is 2. The molecule has 5 nitrogen and oxygen atoms in total. The Morgan fingerprint density at radius 3 is 2.59 bits per heavy atom. The van der Waals surface area contributed by atoms with Crippen molar-refractivity contribution in [1.82, 2.24) is 10.2 Å². The average molecular weight is 406 g/mol. The van der Waals surface area contributed by atoms with E-state index in [4.69, 9.17) is 17.0 Å². The number of aryl methyl sites for hydroxylation is 1. The molecule has 1 aromatic heterocycles. The van der Waals surface area contributed by atoms with Gasteiger partial charge in [0.2, 0.25) is 0 Å². The van der Waals surface area contributed by atoms with E-state index in [1.165, 1.54) is 11.3 Å². The SMILES string of the molecule is CCOC(=O)c1c(NC(=S)NCCCN(C)C)sc(C)c1-c1ccccc1. The summed E-state index contributed by atoms with van der Waals surface area (Å²) in [6.07, 6.45) is 0.984. The van der Waals surface area contributed by atoms with Crippen molar-refractivity contribution in [2.75, 3.05) is 39.1 Å². The second kappa shape index (κ2) is 10.4. The van der Waals surface area contributed by atoms with Crippen LogP contribution < -0.4 is 10.6 Å². The average Bonchev–Trinajstić information content (AvgIpc) is 2.95. The van der Waals surface area contributed by atoms with Gasteiger partial charge in [-0.05, 0) is 58.7 Å². The molecule has 146 valence electrons. The second-order valence-electron chi connectivity index (χ2n) is 6.36. The van der Waals surface area contributed by atoms with Crippen LogP contribution in [-0.2, 0) is 4.74 Å². The molecule has 0 aliphatic heterocycles. The van der Waals surface area contributed by atoms with Gasteiger partial charge in [0.05, 0.1) is 6.61 Å². The van der Waals surface area contributed by atoms with Crippen LogP contribution in [0.15, 0.2) is 30.3 Å². The first-order valence-corrected chi connectivity index (χ1v) is 10.2. The molecule has 0 saturated heterocycles. The van der Waals surface area contributed by atoms with Gasteiger partial charge in [0.25, 0.3) is 0 Å². The molecule has 1 heterocycles. The van der Waals surface area contributed by atoms with E-state index in [0.29, 0.717) is 17.3 Å². The first-order chi connectivity index (χ1) is 12.9. The standard InChI is InChI=1S/C20H27N3O2S2/c1-5-25-19(24)17-16(15-10-7-6-8-11-15)14(2)27-18(17)22-20(26)21-12-9-13-23(3)4/h6-8,10-11H,5,9,12-13H2,1-4H3,(H2,21,22,26). The predicted octanol–water partition coefficient (Wildman–Crippen LogP) is 4.14. The van der Waals surface area contributed by atoms with Crippen molar-refractivity contribution in [2.45, 2.75) is 20.3 Å². The number of benzene rings is 1. The first kappa shape index (κ1) is 21.3. The molecule has 0 spiro atoms. The molecule has 0 fully saturated rings. The zero-order valence-corrected chi connectivity index (χ0v) is 17.9. The fourth-order valence-corrected chi connectivity index (χ4v) is 4.07. The summed E-state index contributed by atoms with van der Waals surface area (Å²) in [6, 6.07) is 9.89. The van der Waals surface area contributed by atoms with Crippen LogP contribution in [0.2, 0.25) is 0 Å². The lowest BCUT2D eigenvalue weighted by atomic mass is 10.0. The number of esters is 1. The number of nitrogens with one attached hydrogen (secondary N) is 2. The van der Waals surface area contributed by atoms with Gasteiger partial charge in [-0.15, -0.1) is 11.3 Å². The zero-order valence-electron chi connectivity index (χ0n) is 16.3. The minimum atomic E-state index is -0.335. The van der Waals surface area contributed by atoms with Crippen LogP contribution in [0.3, 0.4) is 0 Å². The Balaban J connectivity index is 2.23. The summed E-state index contributed by atoms with van der Waals surface area (Å²) in [7, 11) is 4.09. The quantitative estimate of drug-likeness (QED) is 0.391. The van der Waals surface area contributed by atoms with Crippen LogP contribution in [0.1, 0.15) is 28.6 Å². The van der Waals surface area contributed by atoms with Crippen molar-refractivity contribution in [3.05, 3.63) is 40.8 Å². The third kappa shape index (κ3) is 6.02. The summed E-state index contributed by atoms with van der Waals surface area (Å²) in [5, 5.41) is 7.63. The maximum absolute atomic E-state index is 12.7. The Hall–Kier alpha value is -1.96. The van der Waals surface area contributed by atoms with Gasteiger partial charge in [-0.25, -0.2) is 4.79 Å². The number of ether oxygens (including phenoxy) is 1. The van der Waals surface area contributed by atoms with Gasteiger partial charge in [-0.2, -0.15) is 0 Å². The molecule has 0 aliphatic carbocycles. The lowest BCUT2D eigenvalue weighted by molar-refractivity contribution is 0.0529. The number of thiophene rings is 1. The summed E-state index contributed by atoms with van der Waals surface area (Å²) in [6.45, 7) is 5.90. The van der Waals surface area contributed by atoms with Gasteiger partial charge in [0.1, 0.15) is 10.6 Å². The van der Waals surface area contributed by atoms with E-state index >= 15 is 0 Å². The first-order valence-electron chi connectivity index (χ1n) is 8.99. The maximum Gasteiger partial charge on any atom is 0.341 e. The van der Waals surface area contributed by atoms with Crippen molar-refractivity contribution < 1.29 is 9.53 Å². The Bertz CT molecular complexity index is 773. The summed E-state index contributed by atoms with van der Waals surface area (Å²) < 4.78 is 5.31. The second-order valence-corrected chi connectivity index (χ2v) is 7.99. The number of hydrogen-bond acceptors (Lipinski definition) is 5. The van der Waals surface area contributed by atoms with Crippen LogP contribution in [-0.4, -0.2) is 49.8 Å². The predicted molar refractivity (Wildman–Crippen MR) is 118 cm³/mol. The number of nitrogens with zero attached hydrogens (tertiary/aromatic N) is 1. The summed E-state index contributed by atoms with van der Waals surface area (Å²) in [5.41, 5.74) is 2.44. The Kier molecular flexibility index (Phi) is 8.22. The molecule has 0 aliphatic rings. The largest absolute Gasteiger partial charge is 0.462 e. The maximum atomic E-state index is 12.7. The molecule has 0 unspecified atom stereocenters. The molecular formula is C20H27N3O2S2. The number of rotatable bonds is 8. The Morgan fingerprint density at radius 1 is 1.26 bits per heavy atom. The summed E-state index contributed by atoms with van der Waals surface area (Å²) in [5.74, 6) is -0.335. The van der Waals surface area contributed by atoms with Gasteiger partial charge in [0.15, 0.2) is 5.11 Å². The van der Waals surface area contributed by atoms with E-state index in [9.17, 15) is 4.79 Å². The topological polar surface area (TPSA) is 53.6 Å². The molecule has 2 N–H and O–H groups in total. The van der Waals surface area contributed by atoms with E-state index < -0.39 is 0 Å². The minimum Gasteiger partial charge on any atom is -0.462 e. The number of anilines is 1. The van der Waals surface area contributed by atoms with Gasteiger partial charge in [-0.3, -0.25) is 0 Å². The molecule has 27 heavy (non-hydrogen) atoms. The van der Waals surface area contributed by atoms with E-state index in [0.717, 1.165) is 40.5 Å².